The van der Waals surface area contributed by atoms with Gasteiger partial charge in [0.2, 0.25) is 0 Å². The zero-order valence-corrected chi connectivity index (χ0v) is 9.22. The summed E-state index contributed by atoms with van der Waals surface area (Å²) in [6.45, 7) is 2.67. The van der Waals surface area contributed by atoms with E-state index in [1.807, 2.05) is 0 Å². The summed E-state index contributed by atoms with van der Waals surface area (Å²) in [5.74, 6) is -1.79. The molecule has 2 unspecified atom stereocenters. The fraction of sp³-hybridized carbons (Fsp3) is 0.636. The van der Waals surface area contributed by atoms with Crippen LogP contribution in [0.5, 0.6) is 0 Å². The molecule has 0 aromatic heterocycles. The van der Waals surface area contributed by atoms with Crippen LogP contribution in [0, 0.1) is 0 Å². The van der Waals surface area contributed by atoms with Crippen LogP contribution in [0.3, 0.4) is 0 Å². The van der Waals surface area contributed by atoms with E-state index >= 15 is 0 Å². The molecule has 1 fully saturated rings. The summed E-state index contributed by atoms with van der Waals surface area (Å²) >= 11 is 0. The monoisotopic (exact) mass is 228 g/mol. The van der Waals surface area contributed by atoms with E-state index < -0.39 is 11.9 Å². The van der Waals surface area contributed by atoms with E-state index in [1.54, 1.807) is 0 Å². The first kappa shape index (κ1) is 12.7. The smallest absolute Gasteiger partial charge is 0.331 e. The lowest BCUT2D eigenvalue weighted by Crippen LogP contribution is -2.23. The molecule has 2 atom stereocenters. The van der Waals surface area contributed by atoms with Gasteiger partial charge in [0.25, 0.3) is 0 Å². The number of carboxylic acids is 1. The van der Waals surface area contributed by atoms with Crippen LogP contribution in [0.4, 0.5) is 0 Å². The zero-order chi connectivity index (χ0) is 12.0. The van der Waals surface area contributed by atoms with Crippen molar-refractivity contribution in [2.75, 3.05) is 6.61 Å². The molecular formula is C11H16O5. The van der Waals surface area contributed by atoms with E-state index in [9.17, 15) is 9.59 Å². The van der Waals surface area contributed by atoms with Gasteiger partial charge in [0, 0.05) is 12.2 Å². The van der Waals surface area contributed by atoms with Crippen molar-refractivity contribution in [2.45, 2.75) is 38.4 Å². The Morgan fingerprint density at radius 3 is 2.75 bits per heavy atom. The maximum atomic E-state index is 11.2. The summed E-state index contributed by atoms with van der Waals surface area (Å²) in [4.78, 5) is 21.4. The molecule has 0 amide bonds. The van der Waals surface area contributed by atoms with Crippen molar-refractivity contribution in [1.29, 1.82) is 0 Å². The number of unbranched alkanes of at least 4 members (excludes halogenated alkanes) is 1. The first-order valence-corrected chi connectivity index (χ1v) is 5.36. The number of esters is 1. The molecule has 1 saturated heterocycles. The van der Waals surface area contributed by atoms with Gasteiger partial charge >= 0.3 is 11.9 Å². The molecule has 5 heteroatoms. The molecule has 0 radical (unpaired) electrons. The maximum Gasteiger partial charge on any atom is 0.331 e. The van der Waals surface area contributed by atoms with Crippen LogP contribution in [-0.2, 0) is 19.1 Å². The first-order chi connectivity index (χ1) is 7.63. The number of epoxide rings is 1. The summed E-state index contributed by atoms with van der Waals surface area (Å²) in [5, 5.41) is 8.34. The molecular weight excluding hydrogens is 212 g/mol. The van der Waals surface area contributed by atoms with Crippen LogP contribution in [0.15, 0.2) is 12.2 Å². The Morgan fingerprint density at radius 1 is 1.56 bits per heavy atom. The lowest BCUT2D eigenvalue weighted by Gasteiger charge is -2.13. The highest BCUT2D eigenvalue weighted by atomic mass is 16.6. The Balaban J connectivity index is 2.35. The molecule has 1 aliphatic rings. The molecule has 0 saturated carbocycles. The van der Waals surface area contributed by atoms with Gasteiger partial charge in [-0.25, -0.2) is 9.59 Å². The van der Waals surface area contributed by atoms with E-state index in [2.05, 4.69) is 6.92 Å². The second-order valence-corrected chi connectivity index (χ2v) is 3.66. The Hall–Kier alpha value is -1.36. The van der Waals surface area contributed by atoms with Gasteiger partial charge in [-0.1, -0.05) is 13.3 Å². The van der Waals surface area contributed by atoms with Gasteiger partial charge in [0.1, 0.15) is 12.2 Å². The molecule has 0 aromatic carbocycles. The highest BCUT2D eigenvalue weighted by molar-refractivity contribution is 5.90. The molecule has 0 bridgehead atoms. The fourth-order valence-electron chi connectivity index (χ4n) is 1.32. The van der Waals surface area contributed by atoms with Crippen molar-refractivity contribution in [3.63, 3.8) is 0 Å². The number of carbonyl (C=O) groups is 2. The topological polar surface area (TPSA) is 76.1 Å². The standard InChI is InChI=1S/C11H16O5/c1-2-3-4-8(9-7-15-9)16-11(14)6-5-10(12)13/h5-6,8-9H,2-4,7H2,1H3,(H,12,13)/b6-5-. The molecule has 1 rings (SSSR count). The SMILES string of the molecule is CCCCC(OC(=O)/C=C\C(=O)O)C1CO1. The van der Waals surface area contributed by atoms with Crippen LogP contribution in [0.25, 0.3) is 0 Å². The third-order valence-electron chi connectivity index (χ3n) is 2.25. The number of hydrogen-bond acceptors (Lipinski definition) is 4. The molecule has 1 aliphatic heterocycles. The normalized spacial score (nSPS) is 20.7. The summed E-state index contributed by atoms with van der Waals surface area (Å²) in [7, 11) is 0. The molecule has 1 N–H and O–H groups in total. The number of carboxylic acid groups (broad SMARTS) is 1. The number of ether oxygens (including phenoxy) is 2. The largest absolute Gasteiger partial charge is 0.478 e. The van der Waals surface area contributed by atoms with Crippen molar-refractivity contribution >= 4 is 11.9 Å². The van der Waals surface area contributed by atoms with E-state index in [-0.39, 0.29) is 12.2 Å². The van der Waals surface area contributed by atoms with Crippen molar-refractivity contribution in [2.24, 2.45) is 0 Å². The van der Waals surface area contributed by atoms with E-state index in [0.717, 1.165) is 31.4 Å². The van der Waals surface area contributed by atoms with Crippen LogP contribution in [0.1, 0.15) is 26.2 Å². The molecule has 16 heavy (non-hydrogen) atoms. The van der Waals surface area contributed by atoms with Crippen LogP contribution in [0.2, 0.25) is 0 Å². The Bertz CT molecular complexity index is 280. The van der Waals surface area contributed by atoms with Crippen LogP contribution >= 0.6 is 0 Å². The average Bonchev–Trinajstić information content (AvgIpc) is 3.05. The van der Waals surface area contributed by atoms with Crippen LogP contribution in [-0.4, -0.2) is 35.9 Å². The molecule has 90 valence electrons. The minimum Gasteiger partial charge on any atom is -0.478 e. The molecule has 1 heterocycles. The van der Waals surface area contributed by atoms with Gasteiger partial charge in [-0.3, -0.25) is 0 Å². The predicted octanol–water partition coefficient (Wildman–Crippen LogP) is 1.13. The van der Waals surface area contributed by atoms with Crippen molar-refractivity contribution in [1.82, 2.24) is 0 Å². The number of rotatable bonds is 7. The van der Waals surface area contributed by atoms with Gasteiger partial charge in [0.05, 0.1) is 6.61 Å². The highest BCUT2D eigenvalue weighted by Crippen LogP contribution is 2.21. The number of hydrogen-bond donors (Lipinski definition) is 1. The molecule has 0 aromatic rings. The maximum absolute atomic E-state index is 11.2. The van der Waals surface area contributed by atoms with Gasteiger partial charge in [-0.05, 0) is 12.8 Å². The zero-order valence-electron chi connectivity index (χ0n) is 9.22. The third-order valence-corrected chi connectivity index (χ3v) is 2.25. The van der Waals surface area contributed by atoms with Crippen molar-refractivity contribution < 1.29 is 24.2 Å². The third kappa shape index (κ3) is 4.93. The Kier molecular flexibility index (Phi) is 4.98. The molecule has 5 nitrogen and oxygen atoms in total. The number of aliphatic carboxylic acids is 1. The van der Waals surface area contributed by atoms with Gasteiger partial charge in [-0.2, -0.15) is 0 Å². The minimum absolute atomic E-state index is 0.00581. The highest BCUT2D eigenvalue weighted by Gasteiger charge is 2.34. The van der Waals surface area contributed by atoms with Crippen molar-refractivity contribution in [3.05, 3.63) is 12.2 Å². The summed E-state index contributed by atoms with van der Waals surface area (Å²) in [6.07, 6.45) is 4.18. The molecule has 0 spiro atoms. The van der Waals surface area contributed by atoms with Crippen LogP contribution < -0.4 is 0 Å². The quantitative estimate of drug-likeness (QED) is 0.401. The van der Waals surface area contributed by atoms with Gasteiger partial charge < -0.3 is 14.6 Å². The van der Waals surface area contributed by atoms with Crippen molar-refractivity contribution in [3.8, 4) is 0 Å². The fourth-order valence-corrected chi connectivity index (χ4v) is 1.32. The summed E-state index contributed by atoms with van der Waals surface area (Å²) in [5.41, 5.74) is 0. The Labute approximate surface area is 94.0 Å². The Morgan fingerprint density at radius 2 is 2.25 bits per heavy atom. The average molecular weight is 228 g/mol. The summed E-state index contributed by atoms with van der Waals surface area (Å²) in [6, 6.07) is 0. The van der Waals surface area contributed by atoms with E-state index in [1.165, 1.54) is 0 Å². The molecule has 0 aliphatic carbocycles. The van der Waals surface area contributed by atoms with E-state index in [0.29, 0.717) is 6.61 Å². The first-order valence-electron chi connectivity index (χ1n) is 5.36. The van der Waals surface area contributed by atoms with Gasteiger partial charge in [-0.15, -0.1) is 0 Å². The van der Waals surface area contributed by atoms with E-state index in [4.69, 9.17) is 14.6 Å². The second kappa shape index (κ2) is 6.27. The number of carbonyl (C=O) groups excluding carboxylic acids is 1. The minimum atomic E-state index is -1.16. The van der Waals surface area contributed by atoms with Gasteiger partial charge in [0.15, 0.2) is 0 Å². The predicted molar refractivity (Wildman–Crippen MR) is 55.9 cm³/mol. The second-order valence-electron chi connectivity index (χ2n) is 3.66. The lowest BCUT2D eigenvalue weighted by atomic mass is 10.1. The lowest BCUT2D eigenvalue weighted by molar-refractivity contribution is -0.145. The summed E-state index contributed by atoms with van der Waals surface area (Å²) < 4.78 is 10.2.